The van der Waals surface area contributed by atoms with Crippen molar-refractivity contribution in [2.75, 3.05) is 0 Å². The normalized spacial score (nSPS) is 12.3. The predicted molar refractivity (Wildman–Crippen MR) is 89.4 cm³/mol. The summed E-state index contributed by atoms with van der Waals surface area (Å²) in [6, 6.07) is 10.7. The Morgan fingerprint density at radius 3 is 2.67 bits per heavy atom. The van der Waals surface area contributed by atoms with Crippen molar-refractivity contribution in [3.63, 3.8) is 0 Å². The topological polar surface area (TPSA) is 39.2 Å². The van der Waals surface area contributed by atoms with Crippen molar-refractivity contribution in [3.05, 3.63) is 71.5 Å². The van der Waals surface area contributed by atoms with E-state index in [0.717, 1.165) is 17.6 Å². The maximum Gasteiger partial charge on any atom is 0.139 e. The van der Waals surface area contributed by atoms with E-state index >= 15 is 0 Å². The van der Waals surface area contributed by atoms with Crippen LogP contribution in [0.4, 0.5) is 0 Å². The average Bonchev–Trinajstić information content (AvgIpc) is 2.82. The molecule has 2 N–H and O–H groups in total. The maximum atomic E-state index is 6.13. The molecule has 0 bridgehead atoms. The summed E-state index contributed by atoms with van der Waals surface area (Å²) in [7, 11) is 0. The van der Waals surface area contributed by atoms with Gasteiger partial charge >= 0.3 is 0 Å². The van der Waals surface area contributed by atoms with Gasteiger partial charge in [0.2, 0.25) is 0 Å². The first-order chi connectivity index (χ1) is 10.2. The van der Waals surface area contributed by atoms with Crippen LogP contribution in [0, 0.1) is 13.8 Å². The van der Waals surface area contributed by atoms with E-state index in [-0.39, 0.29) is 0 Å². The van der Waals surface area contributed by atoms with Crippen LogP contribution in [0.3, 0.4) is 0 Å². The number of aryl methyl sites for hydroxylation is 2. The molecule has 21 heavy (non-hydrogen) atoms. The summed E-state index contributed by atoms with van der Waals surface area (Å²) < 4.78 is 6.13. The van der Waals surface area contributed by atoms with Gasteiger partial charge in [-0.1, -0.05) is 36.4 Å². The summed E-state index contributed by atoms with van der Waals surface area (Å²) in [5, 5.41) is 2.37. The number of nitrogens with two attached hydrogens (primary N) is 1. The van der Waals surface area contributed by atoms with Crippen LogP contribution in [-0.4, -0.2) is 0 Å². The molecule has 0 unspecified atom stereocenters. The van der Waals surface area contributed by atoms with Crippen molar-refractivity contribution in [3.8, 4) is 0 Å². The Hall–Kier alpha value is -2.48. The molecule has 0 saturated heterocycles. The molecule has 3 rings (SSSR count). The van der Waals surface area contributed by atoms with Crippen LogP contribution in [0.2, 0.25) is 0 Å². The van der Waals surface area contributed by atoms with Gasteiger partial charge in [-0.15, -0.1) is 0 Å². The van der Waals surface area contributed by atoms with Crippen LogP contribution in [0.15, 0.2) is 59.2 Å². The monoisotopic (exact) mass is 277 g/mol. The van der Waals surface area contributed by atoms with Gasteiger partial charge in [-0.25, -0.2) is 0 Å². The molecule has 2 nitrogen and oxygen atoms in total. The average molecular weight is 277 g/mol. The van der Waals surface area contributed by atoms with Gasteiger partial charge in [0.1, 0.15) is 11.2 Å². The van der Waals surface area contributed by atoms with E-state index in [9.17, 15) is 0 Å². The van der Waals surface area contributed by atoms with Crippen molar-refractivity contribution in [2.24, 2.45) is 5.73 Å². The van der Waals surface area contributed by atoms with E-state index in [0.29, 0.717) is 0 Å². The third kappa shape index (κ3) is 2.45. The lowest BCUT2D eigenvalue weighted by molar-refractivity contribution is 0.663. The zero-order valence-corrected chi connectivity index (χ0v) is 12.4. The SMILES string of the molecule is Cc1ccc2c(c1)oc1c(C/C=C\C=C/N)c(C)ccc12. The minimum absolute atomic E-state index is 0.840. The highest BCUT2D eigenvalue weighted by atomic mass is 16.3. The molecule has 1 aromatic heterocycles. The summed E-state index contributed by atoms with van der Waals surface area (Å²) in [6.45, 7) is 4.21. The molecule has 0 atom stereocenters. The highest BCUT2D eigenvalue weighted by Gasteiger charge is 2.12. The number of fused-ring (bicyclic) bond motifs is 3. The predicted octanol–water partition coefficient (Wildman–Crippen LogP) is 4.77. The fourth-order valence-electron chi connectivity index (χ4n) is 2.68. The molecule has 0 fully saturated rings. The molecule has 0 aliphatic rings. The van der Waals surface area contributed by atoms with Crippen LogP contribution >= 0.6 is 0 Å². The number of benzene rings is 2. The standard InChI is InChI=1S/C19H19NO/c1-13-7-9-16-17-10-8-14(2)15(6-4-3-5-11-20)19(17)21-18(16)12-13/h3-5,7-12H,6,20H2,1-2H3/b4-3-,11-5-. The second kappa shape index (κ2) is 5.49. The fraction of sp³-hybridized carbons (Fsp3) is 0.158. The van der Waals surface area contributed by atoms with E-state index in [1.54, 1.807) is 0 Å². The summed E-state index contributed by atoms with van der Waals surface area (Å²) in [4.78, 5) is 0. The summed E-state index contributed by atoms with van der Waals surface area (Å²) in [6.07, 6.45) is 8.27. The number of rotatable bonds is 3. The lowest BCUT2D eigenvalue weighted by atomic mass is 10.0. The second-order valence-corrected chi connectivity index (χ2v) is 5.36. The molecule has 2 heteroatoms. The lowest BCUT2D eigenvalue weighted by Gasteiger charge is -2.03. The maximum absolute atomic E-state index is 6.13. The van der Waals surface area contributed by atoms with Crippen molar-refractivity contribution in [1.29, 1.82) is 0 Å². The molecule has 0 aliphatic heterocycles. The van der Waals surface area contributed by atoms with Crippen molar-refractivity contribution in [1.82, 2.24) is 0 Å². The van der Waals surface area contributed by atoms with E-state index in [2.05, 4.69) is 50.3 Å². The molecule has 0 amide bonds. The van der Waals surface area contributed by atoms with Gasteiger partial charge in [0.05, 0.1) is 0 Å². The van der Waals surface area contributed by atoms with Crippen molar-refractivity contribution < 1.29 is 4.42 Å². The molecule has 0 spiro atoms. The van der Waals surface area contributed by atoms with Crippen LogP contribution in [0.25, 0.3) is 21.9 Å². The van der Waals surface area contributed by atoms with Gasteiger partial charge < -0.3 is 10.2 Å². The highest BCUT2D eigenvalue weighted by molar-refractivity contribution is 6.06. The first-order valence-electron chi connectivity index (χ1n) is 7.15. The number of hydrogen-bond acceptors (Lipinski definition) is 2. The summed E-state index contributed by atoms with van der Waals surface area (Å²) >= 11 is 0. The van der Waals surface area contributed by atoms with Gasteiger partial charge in [-0.3, -0.25) is 0 Å². The molecule has 106 valence electrons. The third-order valence-electron chi connectivity index (χ3n) is 3.81. The Labute approximate surface area is 124 Å². The highest BCUT2D eigenvalue weighted by Crippen LogP contribution is 2.33. The summed E-state index contributed by atoms with van der Waals surface area (Å²) in [5.41, 5.74) is 11.0. The minimum Gasteiger partial charge on any atom is -0.456 e. The zero-order valence-electron chi connectivity index (χ0n) is 12.4. The Kier molecular flexibility index (Phi) is 3.53. The molecule has 0 saturated carbocycles. The quantitative estimate of drug-likeness (QED) is 0.700. The number of allylic oxidation sites excluding steroid dienone is 3. The largest absolute Gasteiger partial charge is 0.456 e. The van der Waals surface area contributed by atoms with Gasteiger partial charge in [-0.2, -0.15) is 0 Å². The summed E-state index contributed by atoms with van der Waals surface area (Å²) in [5.74, 6) is 0. The van der Waals surface area contributed by atoms with Crippen LogP contribution in [-0.2, 0) is 6.42 Å². The van der Waals surface area contributed by atoms with Crippen molar-refractivity contribution >= 4 is 21.9 Å². The van der Waals surface area contributed by atoms with Crippen molar-refractivity contribution in [2.45, 2.75) is 20.3 Å². The Morgan fingerprint density at radius 1 is 1.05 bits per heavy atom. The molecule has 2 aromatic carbocycles. The molecular formula is C19H19NO. The first kappa shape index (κ1) is 13.5. The molecule has 0 radical (unpaired) electrons. The Balaban J connectivity index is 2.18. The molecule has 0 aliphatic carbocycles. The van der Waals surface area contributed by atoms with Gasteiger partial charge in [0, 0.05) is 16.3 Å². The van der Waals surface area contributed by atoms with Gasteiger partial charge in [-0.05, 0) is 49.7 Å². The van der Waals surface area contributed by atoms with E-state index in [1.807, 2.05) is 12.2 Å². The molecule has 3 aromatic rings. The fourth-order valence-corrected chi connectivity index (χ4v) is 2.68. The van der Waals surface area contributed by atoms with Crippen LogP contribution in [0.5, 0.6) is 0 Å². The number of hydrogen-bond donors (Lipinski definition) is 1. The Morgan fingerprint density at radius 2 is 1.86 bits per heavy atom. The van der Waals surface area contributed by atoms with Crippen LogP contribution in [0.1, 0.15) is 16.7 Å². The lowest BCUT2D eigenvalue weighted by Crippen LogP contribution is -1.87. The first-order valence-corrected chi connectivity index (χ1v) is 7.15. The smallest absolute Gasteiger partial charge is 0.139 e. The minimum atomic E-state index is 0.840. The second-order valence-electron chi connectivity index (χ2n) is 5.36. The van der Waals surface area contributed by atoms with Gasteiger partial charge in [0.25, 0.3) is 0 Å². The van der Waals surface area contributed by atoms with Crippen LogP contribution < -0.4 is 5.73 Å². The number of furan rings is 1. The Bertz CT molecular complexity index is 853. The zero-order chi connectivity index (χ0) is 14.8. The van der Waals surface area contributed by atoms with Gasteiger partial charge in [0.15, 0.2) is 0 Å². The third-order valence-corrected chi connectivity index (χ3v) is 3.81. The van der Waals surface area contributed by atoms with E-state index < -0.39 is 0 Å². The molecule has 1 heterocycles. The van der Waals surface area contributed by atoms with E-state index in [4.69, 9.17) is 10.2 Å². The molecular weight excluding hydrogens is 258 g/mol. The van der Waals surface area contributed by atoms with E-state index in [1.165, 1.54) is 33.7 Å².